The van der Waals surface area contributed by atoms with Crippen LogP contribution in [0.2, 0.25) is 5.02 Å². The van der Waals surface area contributed by atoms with Gasteiger partial charge >= 0.3 is 0 Å². The SMILES string of the molecule is O=C(C1CC(c2ccccc2Cl)NN1)N1CCc2ccc([N+](=O)[O-])cc21. The first-order valence-electron chi connectivity index (χ1n) is 8.39. The lowest BCUT2D eigenvalue weighted by Gasteiger charge is -2.21. The second-order valence-corrected chi connectivity index (χ2v) is 6.87. The highest BCUT2D eigenvalue weighted by Crippen LogP contribution is 2.34. The fraction of sp³-hybridized carbons (Fsp3) is 0.278. The first-order chi connectivity index (χ1) is 12.5. The van der Waals surface area contributed by atoms with Gasteiger partial charge in [-0.05, 0) is 30.0 Å². The summed E-state index contributed by atoms with van der Waals surface area (Å²) in [5.41, 5.74) is 8.70. The monoisotopic (exact) mass is 372 g/mol. The van der Waals surface area contributed by atoms with Crippen LogP contribution in [0.15, 0.2) is 42.5 Å². The maximum absolute atomic E-state index is 13.0. The number of hydrogen-bond acceptors (Lipinski definition) is 5. The molecule has 0 bridgehead atoms. The molecular formula is C18H17ClN4O3. The average molecular weight is 373 g/mol. The number of halogens is 1. The van der Waals surface area contributed by atoms with Crippen LogP contribution in [-0.4, -0.2) is 23.4 Å². The third kappa shape index (κ3) is 2.94. The molecule has 2 aliphatic heterocycles. The van der Waals surface area contributed by atoms with E-state index < -0.39 is 11.0 Å². The number of anilines is 1. The molecule has 2 aromatic carbocycles. The third-order valence-electron chi connectivity index (χ3n) is 4.92. The van der Waals surface area contributed by atoms with Gasteiger partial charge in [0, 0.05) is 29.7 Å². The van der Waals surface area contributed by atoms with Gasteiger partial charge in [-0.3, -0.25) is 14.9 Å². The fourth-order valence-corrected chi connectivity index (χ4v) is 3.85. The number of hydrogen-bond donors (Lipinski definition) is 2. The van der Waals surface area contributed by atoms with Crippen molar-refractivity contribution in [3.8, 4) is 0 Å². The molecule has 0 aromatic heterocycles. The van der Waals surface area contributed by atoms with E-state index in [-0.39, 0.29) is 17.6 Å². The van der Waals surface area contributed by atoms with Gasteiger partial charge in [0.25, 0.3) is 5.69 Å². The molecule has 2 N–H and O–H groups in total. The zero-order valence-electron chi connectivity index (χ0n) is 13.8. The molecule has 4 rings (SSSR count). The molecule has 1 fully saturated rings. The number of carbonyl (C=O) groups excluding carboxylic acids is 1. The molecule has 2 unspecified atom stereocenters. The third-order valence-corrected chi connectivity index (χ3v) is 5.27. The maximum atomic E-state index is 13.0. The standard InChI is InChI=1S/C18H17ClN4O3/c19-14-4-2-1-3-13(14)15-10-16(21-20-15)18(24)22-8-7-11-5-6-12(23(25)26)9-17(11)22/h1-6,9,15-16,20-21H,7-8,10H2. The normalized spacial score (nSPS) is 21.7. The van der Waals surface area contributed by atoms with Crippen LogP contribution >= 0.6 is 11.6 Å². The van der Waals surface area contributed by atoms with E-state index >= 15 is 0 Å². The van der Waals surface area contributed by atoms with E-state index in [2.05, 4.69) is 10.9 Å². The highest BCUT2D eigenvalue weighted by molar-refractivity contribution is 6.31. The molecule has 1 saturated heterocycles. The summed E-state index contributed by atoms with van der Waals surface area (Å²) >= 11 is 6.25. The van der Waals surface area contributed by atoms with Crippen LogP contribution in [0.1, 0.15) is 23.6 Å². The lowest BCUT2D eigenvalue weighted by atomic mass is 10.0. The number of amides is 1. The molecule has 0 aliphatic carbocycles. The number of nitrogens with zero attached hydrogens (tertiary/aromatic N) is 2. The Hall–Kier alpha value is -2.48. The van der Waals surface area contributed by atoms with E-state index in [0.717, 1.165) is 11.1 Å². The van der Waals surface area contributed by atoms with Crippen LogP contribution in [0, 0.1) is 10.1 Å². The Morgan fingerprint density at radius 2 is 2.04 bits per heavy atom. The smallest absolute Gasteiger partial charge is 0.271 e. The zero-order valence-corrected chi connectivity index (χ0v) is 14.6. The van der Waals surface area contributed by atoms with Gasteiger partial charge in [-0.2, -0.15) is 0 Å². The van der Waals surface area contributed by atoms with Gasteiger partial charge in [0.1, 0.15) is 6.04 Å². The highest BCUT2D eigenvalue weighted by Gasteiger charge is 2.36. The van der Waals surface area contributed by atoms with Gasteiger partial charge in [-0.1, -0.05) is 35.9 Å². The Balaban J connectivity index is 1.53. The number of carbonyl (C=O) groups is 1. The van der Waals surface area contributed by atoms with Crippen LogP contribution in [-0.2, 0) is 11.2 Å². The predicted octanol–water partition coefficient (Wildman–Crippen LogP) is 2.75. The average Bonchev–Trinajstić information content (AvgIpc) is 3.28. The van der Waals surface area contributed by atoms with Gasteiger partial charge < -0.3 is 4.90 Å². The van der Waals surface area contributed by atoms with Crippen molar-refractivity contribution in [2.24, 2.45) is 0 Å². The van der Waals surface area contributed by atoms with Crippen LogP contribution in [0.5, 0.6) is 0 Å². The first kappa shape index (κ1) is 17.0. The van der Waals surface area contributed by atoms with Gasteiger partial charge in [-0.15, -0.1) is 0 Å². The lowest BCUT2D eigenvalue weighted by Crippen LogP contribution is -2.45. The van der Waals surface area contributed by atoms with E-state index in [1.807, 2.05) is 24.3 Å². The molecule has 0 saturated carbocycles. The van der Waals surface area contributed by atoms with Gasteiger partial charge in [0.05, 0.1) is 10.6 Å². The molecule has 2 aliphatic rings. The molecule has 2 atom stereocenters. The minimum Gasteiger partial charge on any atom is -0.310 e. The molecule has 7 nitrogen and oxygen atoms in total. The van der Waals surface area contributed by atoms with Crippen molar-refractivity contribution < 1.29 is 9.72 Å². The number of nitro groups is 1. The van der Waals surface area contributed by atoms with Crippen molar-refractivity contribution in [2.75, 3.05) is 11.4 Å². The van der Waals surface area contributed by atoms with E-state index in [1.54, 1.807) is 11.0 Å². The molecule has 2 heterocycles. The number of rotatable bonds is 3. The van der Waals surface area contributed by atoms with Crippen LogP contribution in [0.4, 0.5) is 11.4 Å². The van der Waals surface area contributed by atoms with E-state index in [0.29, 0.717) is 30.1 Å². The maximum Gasteiger partial charge on any atom is 0.271 e. The minimum atomic E-state index is -0.440. The van der Waals surface area contributed by atoms with Gasteiger partial charge in [-0.25, -0.2) is 10.9 Å². The molecule has 1 amide bonds. The molecule has 26 heavy (non-hydrogen) atoms. The second kappa shape index (κ2) is 6.68. The van der Waals surface area contributed by atoms with Crippen molar-refractivity contribution in [3.63, 3.8) is 0 Å². The zero-order chi connectivity index (χ0) is 18.3. The molecule has 2 aromatic rings. The summed E-state index contributed by atoms with van der Waals surface area (Å²) in [7, 11) is 0. The Labute approximate surface area is 155 Å². The Morgan fingerprint density at radius 1 is 1.23 bits per heavy atom. The summed E-state index contributed by atoms with van der Waals surface area (Å²) < 4.78 is 0. The second-order valence-electron chi connectivity index (χ2n) is 6.46. The van der Waals surface area contributed by atoms with Crippen molar-refractivity contribution in [2.45, 2.75) is 24.9 Å². The molecule has 0 radical (unpaired) electrons. The van der Waals surface area contributed by atoms with Crippen molar-refractivity contribution >= 4 is 28.9 Å². The van der Waals surface area contributed by atoms with Crippen LogP contribution in [0.25, 0.3) is 0 Å². The Morgan fingerprint density at radius 3 is 2.81 bits per heavy atom. The van der Waals surface area contributed by atoms with E-state index in [1.165, 1.54) is 12.1 Å². The summed E-state index contributed by atoms with van der Waals surface area (Å²) in [5.74, 6) is -0.0914. The molecule has 8 heteroatoms. The number of non-ortho nitro benzene ring substituents is 1. The summed E-state index contributed by atoms with van der Waals surface area (Å²) in [6.45, 7) is 0.532. The highest BCUT2D eigenvalue weighted by atomic mass is 35.5. The minimum absolute atomic E-state index is 0.00472. The molecule has 134 valence electrons. The fourth-order valence-electron chi connectivity index (χ4n) is 3.58. The van der Waals surface area contributed by atoms with Crippen LogP contribution in [0.3, 0.4) is 0 Å². The summed E-state index contributed by atoms with van der Waals surface area (Å²) in [6, 6.07) is 11.7. The Kier molecular flexibility index (Phi) is 4.36. The topological polar surface area (TPSA) is 87.5 Å². The van der Waals surface area contributed by atoms with Crippen LogP contribution < -0.4 is 15.8 Å². The first-order valence-corrected chi connectivity index (χ1v) is 8.76. The summed E-state index contributed by atoms with van der Waals surface area (Å²) in [5, 5.41) is 11.7. The Bertz CT molecular complexity index is 888. The van der Waals surface area contributed by atoms with E-state index in [9.17, 15) is 14.9 Å². The number of fused-ring (bicyclic) bond motifs is 1. The number of hydrazine groups is 1. The molecular weight excluding hydrogens is 356 g/mol. The summed E-state index contributed by atoms with van der Waals surface area (Å²) in [6.07, 6.45) is 1.26. The predicted molar refractivity (Wildman–Crippen MR) is 98.0 cm³/mol. The number of nitrogens with one attached hydrogen (secondary N) is 2. The van der Waals surface area contributed by atoms with Crippen molar-refractivity contribution in [1.82, 2.24) is 10.9 Å². The largest absolute Gasteiger partial charge is 0.310 e. The van der Waals surface area contributed by atoms with Gasteiger partial charge in [0.2, 0.25) is 5.91 Å². The van der Waals surface area contributed by atoms with Crippen molar-refractivity contribution in [3.05, 3.63) is 68.7 Å². The van der Waals surface area contributed by atoms with E-state index in [4.69, 9.17) is 11.6 Å². The molecule has 0 spiro atoms. The lowest BCUT2D eigenvalue weighted by molar-refractivity contribution is -0.384. The quantitative estimate of drug-likeness (QED) is 0.639. The number of nitro benzene ring substituents is 1. The number of benzene rings is 2. The summed E-state index contributed by atoms with van der Waals surface area (Å²) in [4.78, 5) is 25.2. The van der Waals surface area contributed by atoms with Gasteiger partial charge in [0.15, 0.2) is 0 Å². The van der Waals surface area contributed by atoms with Crippen molar-refractivity contribution in [1.29, 1.82) is 0 Å².